The molecule has 0 unspecified atom stereocenters. The van der Waals surface area contributed by atoms with E-state index in [9.17, 15) is 14.4 Å². The summed E-state index contributed by atoms with van der Waals surface area (Å²) in [6, 6.07) is 16.8. The van der Waals surface area contributed by atoms with Gasteiger partial charge in [-0.25, -0.2) is 9.78 Å². The van der Waals surface area contributed by atoms with Gasteiger partial charge in [0.1, 0.15) is 5.69 Å². The Bertz CT molecular complexity index is 1410. The van der Waals surface area contributed by atoms with Crippen molar-refractivity contribution in [1.29, 1.82) is 0 Å². The molecular formula is C28H29N5O5. The number of H-pyrrole nitrogens is 1. The largest absolute Gasteiger partial charge is 0.467 e. The lowest BCUT2D eigenvalue weighted by atomic mass is 10.1. The van der Waals surface area contributed by atoms with E-state index in [1.54, 1.807) is 48.5 Å². The fourth-order valence-corrected chi connectivity index (χ4v) is 3.91. The number of hydrogen-bond acceptors (Lipinski definition) is 7. The Labute approximate surface area is 219 Å². The predicted molar refractivity (Wildman–Crippen MR) is 140 cm³/mol. The first-order valence-corrected chi connectivity index (χ1v) is 12.3. The third kappa shape index (κ3) is 5.97. The number of aromatic amines is 1. The highest BCUT2D eigenvalue weighted by atomic mass is 16.5. The monoisotopic (exact) mass is 515 g/mol. The van der Waals surface area contributed by atoms with Crippen LogP contribution in [0.15, 0.2) is 71.3 Å². The van der Waals surface area contributed by atoms with E-state index in [1.165, 1.54) is 13.3 Å². The van der Waals surface area contributed by atoms with E-state index in [4.69, 9.17) is 9.15 Å². The van der Waals surface area contributed by atoms with Gasteiger partial charge in [0.25, 0.3) is 11.8 Å². The molecule has 0 fully saturated rings. The second kappa shape index (κ2) is 12.0. The number of ether oxygens (including phenoxy) is 1. The van der Waals surface area contributed by atoms with E-state index >= 15 is 0 Å². The summed E-state index contributed by atoms with van der Waals surface area (Å²) < 4.78 is 10.6. The molecule has 1 atom stereocenters. The fraction of sp³-hybridized carbons (Fsp3) is 0.250. The maximum absolute atomic E-state index is 12.9. The van der Waals surface area contributed by atoms with Crippen molar-refractivity contribution in [2.45, 2.75) is 38.8 Å². The Morgan fingerprint density at radius 2 is 1.68 bits per heavy atom. The number of amides is 2. The Morgan fingerprint density at radius 1 is 0.947 bits per heavy atom. The molecule has 2 aromatic carbocycles. The Kier molecular flexibility index (Phi) is 8.32. The number of oxazole rings is 1. The van der Waals surface area contributed by atoms with Crippen LogP contribution in [0.2, 0.25) is 0 Å². The number of carbonyl (C=O) groups excluding carboxylic acids is 3. The molecule has 0 aliphatic rings. The van der Waals surface area contributed by atoms with Gasteiger partial charge < -0.3 is 19.8 Å². The average Bonchev–Trinajstić information content (AvgIpc) is 3.66. The minimum Gasteiger partial charge on any atom is -0.467 e. The summed E-state index contributed by atoms with van der Waals surface area (Å²) >= 11 is 0. The summed E-state index contributed by atoms with van der Waals surface area (Å²) in [5, 5.41) is 12.7. The van der Waals surface area contributed by atoms with E-state index < -0.39 is 17.9 Å². The van der Waals surface area contributed by atoms with Crippen molar-refractivity contribution in [3.8, 4) is 22.7 Å². The molecule has 10 nitrogen and oxygen atoms in total. The van der Waals surface area contributed by atoms with Crippen LogP contribution in [0.1, 0.15) is 59.3 Å². The number of methoxy groups -OCH3 is 1. The first kappa shape index (κ1) is 26.3. The van der Waals surface area contributed by atoms with Crippen LogP contribution in [-0.2, 0) is 9.53 Å². The molecule has 0 aliphatic heterocycles. The maximum Gasteiger partial charge on any atom is 0.333 e. The van der Waals surface area contributed by atoms with Crippen LogP contribution in [0.25, 0.3) is 22.7 Å². The second-order valence-corrected chi connectivity index (χ2v) is 8.60. The number of nitrogens with one attached hydrogen (secondary N) is 3. The molecule has 38 heavy (non-hydrogen) atoms. The molecule has 0 bridgehead atoms. The molecule has 4 rings (SSSR count). The lowest BCUT2D eigenvalue weighted by molar-refractivity contribution is -0.143. The number of rotatable bonds is 10. The minimum atomic E-state index is -0.999. The number of benzene rings is 2. The summed E-state index contributed by atoms with van der Waals surface area (Å²) in [4.78, 5) is 41.9. The van der Waals surface area contributed by atoms with Crippen molar-refractivity contribution in [3.05, 3.63) is 83.9 Å². The smallest absolute Gasteiger partial charge is 0.333 e. The van der Waals surface area contributed by atoms with E-state index in [1.807, 2.05) is 26.0 Å². The number of carbonyl (C=O) groups is 3. The van der Waals surface area contributed by atoms with Crippen LogP contribution < -0.4 is 10.6 Å². The van der Waals surface area contributed by atoms with E-state index in [0.717, 1.165) is 18.4 Å². The third-order valence-corrected chi connectivity index (χ3v) is 6.12. The lowest BCUT2D eigenvalue weighted by Crippen LogP contribution is -2.34. The topological polar surface area (TPSA) is 139 Å². The van der Waals surface area contributed by atoms with Crippen LogP contribution in [0.3, 0.4) is 0 Å². The molecule has 2 amide bonds. The van der Waals surface area contributed by atoms with Gasteiger partial charge in [0.2, 0.25) is 11.7 Å². The van der Waals surface area contributed by atoms with Gasteiger partial charge in [0.15, 0.2) is 6.04 Å². The van der Waals surface area contributed by atoms with Gasteiger partial charge in [-0.1, -0.05) is 56.3 Å². The number of hydrogen-bond donors (Lipinski definition) is 3. The SMILES string of the molecule is CCC(CC)NC(=O)c1cc(-c2cccc(-c3ncc(C(=O)N[C@@H](C(=O)OC)c4ccccc4)o3)c2)n[nH]1. The molecule has 0 saturated carbocycles. The number of nitrogens with zero attached hydrogens (tertiary/aromatic N) is 2. The van der Waals surface area contributed by atoms with Gasteiger partial charge in [-0.3, -0.25) is 14.7 Å². The zero-order valence-corrected chi connectivity index (χ0v) is 21.4. The maximum atomic E-state index is 12.9. The Morgan fingerprint density at radius 3 is 2.39 bits per heavy atom. The standard InChI is InChI=1S/C28H29N5O5/c1-4-20(5-2)30-25(34)22-15-21(32-33-22)18-12-9-13-19(14-18)27-29-16-23(38-27)26(35)31-24(28(36)37-3)17-10-7-6-8-11-17/h6-16,20,24H,4-5H2,1-3H3,(H,30,34)(H,31,35)(H,32,33)/t24-/m1/s1. The summed E-state index contributed by atoms with van der Waals surface area (Å²) in [7, 11) is 1.26. The fourth-order valence-electron chi connectivity index (χ4n) is 3.91. The van der Waals surface area contributed by atoms with Gasteiger partial charge in [-0.15, -0.1) is 0 Å². The van der Waals surface area contributed by atoms with Crippen molar-refractivity contribution < 1.29 is 23.5 Å². The summed E-state index contributed by atoms with van der Waals surface area (Å²) in [5.74, 6) is -1.27. The summed E-state index contributed by atoms with van der Waals surface area (Å²) in [6.07, 6.45) is 2.99. The average molecular weight is 516 g/mol. The normalized spacial score (nSPS) is 11.7. The van der Waals surface area contributed by atoms with Crippen molar-refractivity contribution in [1.82, 2.24) is 25.8 Å². The molecule has 0 radical (unpaired) electrons. The third-order valence-electron chi connectivity index (χ3n) is 6.12. The molecule has 2 aromatic heterocycles. The highest BCUT2D eigenvalue weighted by Crippen LogP contribution is 2.26. The minimum absolute atomic E-state index is 0.0598. The van der Waals surface area contributed by atoms with Gasteiger partial charge in [-0.2, -0.15) is 5.10 Å². The summed E-state index contributed by atoms with van der Waals surface area (Å²) in [5.41, 5.74) is 2.87. The van der Waals surface area contributed by atoms with Crippen molar-refractivity contribution in [2.24, 2.45) is 0 Å². The van der Waals surface area contributed by atoms with Gasteiger partial charge in [0, 0.05) is 17.2 Å². The molecule has 0 spiro atoms. The van der Waals surface area contributed by atoms with Gasteiger partial charge in [0.05, 0.1) is 19.0 Å². The van der Waals surface area contributed by atoms with Crippen molar-refractivity contribution >= 4 is 17.8 Å². The Balaban J connectivity index is 1.50. The molecule has 196 valence electrons. The van der Waals surface area contributed by atoms with Gasteiger partial charge >= 0.3 is 5.97 Å². The number of esters is 1. The van der Waals surface area contributed by atoms with E-state index in [-0.39, 0.29) is 23.6 Å². The molecule has 0 aliphatic carbocycles. The highest BCUT2D eigenvalue weighted by Gasteiger charge is 2.26. The molecule has 3 N–H and O–H groups in total. The first-order chi connectivity index (χ1) is 18.4. The zero-order valence-electron chi connectivity index (χ0n) is 21.4. The van der Waals surface area contributed by atoms with Crippen LogP contribution in [0.4, 0.5) is 0 Å². The second-order valence-electron chi connectivity index (χ2n) is 8.60. The van der Waals surface area contributed by atoms with Crippen molar-refractivity contribution in [3.63, 3.8) is 0 Å². The van der Waals surface area contributed by atoms with Crippen LogP contribution in [0.5, 0.6) is 0 Å². The predicted octanol–water partition coefficient (Wildman–Crippen LogP) is 4.29. The molecule has 2 heterocycles. The molecule has 10 heteroatoms. The van der Waals surface area contributed by atoms with Crippen molar-refractivity contribution in [2.75, 3.05) is 7.11 Å². The Hall–Kier alpha value is -4.73. The zero-order chi connectivity index (χ0) is 27.1. The molecule has 0 saturated heterocycles. The first-order valence-electron chi connectivity index (χ1n) is 12.3. The van der Waals surface area contributed by atoms with E-state index in [0.29, 0.717) is 22.5 Å². The van der Waals surface area contributed by atoms with E-state index in [2.05, 4.69) is 25.8 Å². The van der Waals surface area contributed by atoms with Crippen LogP contribution in [0, 0.1) is 0 Å². The quantitative estimate of drug-likeness (QED) is 0.268. The number of aromatic nitrogens is 3. The molecule has 4 aromatic rings. The van der Waals surface area contributed by atoms with Gasteiger partial charge in [-0.05, 0) is 36.6 Å². The highest BCUT2D eigenvalue weighted by molar-refractivity contribution is 5.95. The summed E-state index contributed by atoms with van der Waals surface area (Å²) in [6.45, 7) is 4.05. The molecular weight excluding hydrogens is 486 g/mol. The van der Waals surface area contributed by atoms with Crippen LogP contribution >= 0.6 is 0 Å². The lowest BCUT2D eigenvalue weighted by Gasteiger charge is -2.15. The van der Waals surface area contributed by atoms with Crippen LogP contribution in [-0.4, -0.2) is 46.1 Å².